The number of hydrogen-bond donors (Lipinski definition) is 5. The van der Waals surface area contributed by atoms with Crippen molar-refractivity contribution in [1.82, 2.24) is 35.6 Å². The van der Waals surface area contributed by atoms with E-state index in [1.807, 2.05) is 6.07 Å². The van der Waals surface area contributed by atoms with E-state index in [4.69, 9.17) is 20.4 Å². The molecule has 7 aromatic rings. The molecular weight excluding hydrogens is 720 g/mol. The predicted molar refractivity (Wildman–Crippen MR) is 194 cm³/mol. The van der Waals surface area contributed by atoms with E-state index in [2.05, 4.69) is 51.5 Å². The number of aromatic nitrogens is 5. The summed E-state index contributed by atoms with van der Waals surface area (Å²) in [6.07, 6.45) is 6.10. The average molecular weight is 748 g/mol. The van der Waals surface area contributed by atoms with Crippen LogP contribution in [0.25, 0.3) is 22.2 Å². The van der Waals surface area contributed by atoms with Crippen molar-refractivity contribution in [2.75, 3.05) is 16.0 Å². The maximum absolute atomic E-state index is 14.7. The minimum Gasteiger partial charge on any atom is -0.423 e. The number of fused-ring (bicyclic) bond motifs is 2. The fourth-order valence-electron chi connectivity index (χ4n) is 6.93. The Hall–Kier alpha value is -6.54. The maximum Gasteiger partial charge on any atom is 0.299 e. The number of halogens is 3. The van der Waals surface area contributed by atoms with Gasteiger partial charge in [-0.3, -0.25) is 26.1 Å². The van der Waals surface area contributed by atoms with Crippen LogP contribution in [0, 0.1) is 28.9 Å². The molecule has 1 amide bonds. The Kier molecular flexibility index (Phi) is 8.82. The topological polar surface area (TPSA) is 192 Å². The number of nitriles is 1. The van der Waals surface area contributed by atoms with E-state index in [0.717, 1.165) is 0 Å². The van der Waals surface area contributed by atoms with Gasteiger partial charge in [-0.15, -0.1) is 0 Å². The van der Waals surface area contributed by atoms with Crippen LogP contribution in [0.3, 0.4) is 0 Å². The fourth-order valence-corrected chi connectivity index (χ4v) is 7.23. The van der Waals surface area contributed by atoms with Gasteiger partial charge in [-0.25, -0.2) is 23.7 Å². The number of nitrogens with one attached hydrogen (secondary N) is 5. The lowest BCUT2D eigenvalue weighted by molar-refractivity contribution is -0.126. The van der Waals surface area contributed by atoms with Gasteiger partial charge < -0.3 is 14.2 Å². The van der Waals surface area contributed by atoms with Gasteiger partial charge in [0.1, 0.15) is 40.9 Å². The minimum absolute atomic E-state index is 0.0572. The molecular formula is C37H28ClF2N11O3. The van der Waals surface area contributed by atoms with Crippen LogP contribution in [-0.4, -0.2) is 42.8 Å². The van der Waals surface area contributed by atoms with Crippen molar-refractivity contribution in [3.63, 3.8) is 0 Å². The molecule has 0 aliphatic carbocycles. The van der Waals surface area contributed by atoms with Gasteiger partial charge in [0.25, 0.3) is 12.0 Å². The summed E-state index contributed by atoms with van der Waals surface area (Å²) in [5, 5.41) is 26.0. The minimum atomic E-state index is -1.75. The first kappa shape index (κ1) is 34.5. The number of benzene rings is 3. The van der Waals surface area contributed by atoms with Crippen LogP contribution in [0.5, 0.6) is 0 Å². The Morgan fingerprint density at radius 3 is 2.17 bits per heavy atom. The van der Waals surface area contributed by atoms with Crippen molar-refractivity contribution in [2.45, 2.75) is 30.8 Å². The number of amides is 1. The van der Waals surface area contributed by atoms with Gasteiger partial charge in [-0.1, -0.05) is 29.8 Å². The molecule has 0 radical (unpaired) electrons. The first-order valence-electron chi connectivity index (χ1n) is 16.5. The second kappa shape index (κ2) is 13.8. The molecule has 3 unspecified atom stereocenters. The van der Waals surface area contributed by atoms with Gasteiger partial charge in [0.15, 0.2) is 11.2 Å². The summed E-state index contributed by atoms with van der Waals surface area (Å²) >= 11 is 7.03. The SMILES string of the molecule is CC1NC(Nc2nc3ccc(F)cc3o2)(Nc2nc3ccc(F)cc3o2)NC(Cc2cncnc2)(c2ccccc2Cl)C1C(=O)Nc1ccc(C#N)cn1. The summed E-state index contributed by atoms with van der Waals surface area (Å²) in [4.78, 5) is 36.5. The molecule has 0 bridgehead atoms. The zero-order chi connectivity index (χ0) is 37.5. The summed E-state index contributed by atoms with van der Waals surface area (Å²) < 4.78 is 40.4. The zero-order valence-corrected chi connectivity index (χ0v) is 28.9. The summed E-state index contributed by atoms with van der Waals surface area (Å²) in [6.45, 7) is 1.80. The van der Waals surface area contributed by atoms with E-state index in [1.165, 1.54) is 55.0 Å². The number of rotatable bonds is 9. The number of oxazole rings is 2. The molecule has 270 valence electrons. The number of nitrogens with zero attached hydrogens (tertiary/aromatic N) is 6. The normalized spacial score (nSPS) is 19.3. The molecule has 5 N–H and O–H groups in total. The highest BCUT2D eigenvalue weighted by Crippen LogP contribution is 2.44. The molecule has 17 heteroatoms. The second-order valence-electron chi connectivity index (χ2n) is 12.7. The molecule has 3 atom stereocenters. The van der Waals surface area contributed by atoms with Crippen LogP contribution >= 0.6 is 11.6 Å². The summed E-state index contributed by atoms with van der Waals surface area (Å²) in [5.41, 5.74) is 1.09. The van der Waals surface area contributed by atoms with E-state index in [9.17, 15) is 18.8 Å². The lowest BCUT2D eigenvalue weighted by Gasteiger charge is -2.56. The molecule has 1 aliphatic heterocycles. The molecule has 14 nitrogen and oxygen atoms in total. The third-order valence-electron chi connectivity index (χ3n) is 9.05. The molecule has 0 saturated carbocycles. The van der Waals surface area contributed by atoms with Gasteiger partial charge >= 0.3 is 0 Å². The maximum atomic E-state index is 14.7. The van der Waals surface area contributed by atoms with Crippen LogP contribution < -0.4 is 26.6 Å². The molecule has 1 fully saturated rings. The third kappa shape index (κ3) is 6.63. The zero-order valence-electron chi connectivity index (χ0n) is 28.1. The monoisotopic (exact) mass is 747 g/mol. The quantitative estimate of drug-likeness (QED) is 0.107. The molecule has 0 spiro atoms. The number of anilines is 3. The highest BCUT2D eigenvalue weighted by molar-refractivity contribution is 6.31. The van der Waals surface area contributed by atoms with Crippen LogP contribution in [0.4, 0.5) is 26.6 Å². The molecule has 54 heavy (non-hydrogen) atoms. The Morgan fingerprint density at radius 2 is 1.57 bits per heavy atom. The lowest BCUT2D eigenvalue weighted by Crippen LogP contribution is -2.82. The Morgan fingerprint density at radius 1 is 0.926 bits per heavy atom. The van der Waals surface area contributed by atoms with E-state index < -0.39 is 41.0 Å². The van der Waals surface area contributed by atoms with Crippen LogP contribution in [0.1, 0.15) is 23.6 Å². The molecule has 4 aromatic heterocycles. The van der Waals surface area contributed by atoms with Gasteiger partial charge in [-0.2, -0.15) is 15.2 Å². The fraction of sp³-hybridized carbons (Fsp3) is 0.162. The highest BCUT2D eigenvalue weighted by Gasteiger charge is 2.58. The Bertz CT molecular complexity index is 2460. The van der Waals surface area contributed by atoms with E-state index in [-0.39, 0.29) is 35.4 Å². The van der Waals surface area contributed by atoms with Gasteiger partial charge in [0.2, 0.25) is 11.8 Å². The van der Waals surface area contributed by atoms with Crippen molar-refractivity contribution < 1.29 is 22.4 Å². The average Bonchev–Trinajstić information content (AvgIpc) is 3.73. The first-order chi connectivity index (χ1) is 26.1. The smallest absolute Gasteiger partial charge is 0.299 e. The van der Waals surface area contributed by atoms with E-state index in [1.54, 1.807) is 49.6 Å². The standard InChI is InChI=1S/C37H28ClF2N11O3/c1-20-32(33(52)47-31-11-6-21(15-41)18-44-31)36(14-22-16-42-19-43-17-22,25-4-2-3-5-26(25)38)51-37(48-20,49-34-45-27-9-7-23(39)12-29(27)53-34)50-35-46-28-10-8-24(40)13-30(28)54-35/h2-13,16-20,32,48,51H,14H2,1H3,(H,45,49)(H,46,50)(H,44,47,52). The van der Waals surface area contributed by atoms with Crippen molar-refractivity contribution in [3.8, 4) is 6.07 Å². The van der Waals surface area contributed by atoms with Crippen molar-refractivity contribution in [2.24, 2.45) is 5.92 Å². The number of pyridine rings is 1. The largest absolute Gasteiger partial charge is 0.423 e. The predicted octanol–water partition coefficient (Wildman–Crippen LogP) is 6.07. The highest BCUT2D eigenvalue weighted by atomic mass is 35.5. The summed E-state index contributed by atoms with van der Waals surface area (Å²) in [6, 6.07) is 19.2. The van der Waals surface area contributed by atoms with Gasteiger partial charge in [0, 0.05) is 41.8 Å². The molecule has 5 heterocycles. The van der Waals surface area contributed by atoms with Crippen molar-refractivity contribution in [3.05, 3.63) is 131 Å². The summed E-state index contributed by atoms with van der Waals surface area (Å²) in [7, 11) is 0. The van der Waals surface area contributed by atoms with Crippen LogP contribution in [0.2, 0.25) is 5.02 Å². The molecule has 8 rings (SSSR count). The van der Waals surface area contributed by atoms with E-state index >= 15 is 0 Å². The van der Waals surface area contributed by atoms with E-state index in [0.29, 0.717) is 32.7 Å². The number of carbonyl (C=O) groups excluding carboxylic acids is 1. The number of carbonyl (C=O) groups is 1. The van der Waals surface area contributed by atoms with Crippen molar-refractivity contribution in [1.29, 1.82) is 5.26 Å². The summed E-state index contributed by atoms with van der Waals surface area (Å²) in [5.74, 6) is -4.02. The Balaban J connectivity index is 1.31. The van der Waals surface area contributed by atoms with Gasteiger partial charge in [-0.05, 0) is 66.9 Å². The second-order valence-corrected chi connectivity index (χ2v) is 13.1. The third-order valence-corrected chi connectivity index (χ3v) is 9.38. The number of hydrogen-bond acceptors (Lipinski definition) is 13. The van der Waals surface area contributed by atoms with Crippen LogP contribution in [0.15, 0.2) is 107 Å². The molecule has 1 saturated heterocycles. The van der Waals surface area contributed by atoms with Gasteiger partial charge in [0.05, 0.1) is 17.0 Å². The van der Waals surface area contributed by atoms with Crippen molar-refractivity contribution >= 4 is 57.6 Å². The molecule has 1 aliphatic rings. The Labute approximate surface area is 310 Å². The first-order valence-corrected chi connectivity index (χ1v) is 16.9. The molecule has 3 aromatic carbocycles. The lowest BCUT2D eigenvalue weighted by atomic mass is 9.69. The van der Waals surface area contributed by atoms with Crippen LogP contribution in [-0.2, 0) is 16.8 Å².